The maximum atomic E-state index is 13.1. The molecule has 1 saturated carbocycles. The molecule has 0 heterocycles. The molecule has 1 aliphatic rings. The van der Waals surface area contributed by atoms with Crippen LogP contribution in [-0.4, -0.2) is 5.78 Å². The highest BCUT2D eigenvalue weighted by atomic mass is 79.9. The van der Waals surface area contributed by atoms with Crippen LogP contribution < -0.4 is 0 Å². The van der Waals surface area contributed by atoms with Gasteiger partial charge in [-0.1, -0.05) is 15.9 Å². The zero-order chi connectivity index (χ0) is 10.8. The summed E-state index contributed by atoms with van der Waals surface area (Å²) >= 11 is 3.25. The molecule has 0 amide bonds. The van der Waals surface area contributed by atoms with E-state index in [4.69, 9.17) is 0 Å². The first-order chi connectivity index (χ1) is 7.15. The molecule has 1 fully saturated rings. The van der Waals surface area contributed by atoms with Crippen molar-refractivity contribution in [3.05, 3.63) is 34.1 Å². The third-order valence-electron chi connectivity index (χ3n) is 2.84. The fourth-order valence-electron chi connectivity index (χ4n) is 2.12. The molecule has 0 aromatic heterocycles. The van der Waals surface area contributed by atoms with Crippen LogP contribution in [0, 0.1) is 11.7 Å². The molecule has 0 aliphatic heterocycles. The van der Waals surface area contributed by atoms with E-state index >= 15 is 0 Å². The van der Waals surface area contributed by atoms with Gasteiger partial charge in [0.25, 0.3) is 0 Å². The minimum atomic E-state index is -0.246. The van der Waals surface area contributed by atoms with Crippen molar-refractivity contribution in [3.8, 4) is 0 Å². The van der Waals surface area contributed by atoms with Crippen molar-refractivity contribution in [2.75, 3.05) is 0 Å². The average Bonchev–Trinajstić information content (AvgIpc) is 2.50. The summed E-state index contributed by atoms with van der Waals surface area (Å²) in [5, 5.41) is 0. The Kier molecular flexibility index (Phi) is 3.19. The fraction of sp³-hybridized carbons (Fsp3) is 0.417. The monoisotopic (exact) mass is 270 g/mol. The Morgan fingerprint density at radius 1 is 1.40 bits per heavy atom. The van der Waals surface area contributed by atoms with Gasteiger partial charge in [0, 0.05) is 16.8 Å². The van der Waals surface area contributed by atoms with Gasteiger partial charge in [-0.3, -0.25) is 4.79 Å². The van der Waals surface area contributed by atoms with E-state index in [0.717, 1.165) is 22.9 Å². The highest BCUT2D eigenvalue weighted by Crippen LogP contribution is 2.26. The SMILES string of the molecule is O=C1CCCC1Cc1cc(F)cc(Br)c1. The lowest BCUT2D eigenvalue weighted by atomic mass is 9.97. The first-order valence-corrected chi connectivity index (χ1v) is 5.92. The predicted octanol–water partition coefficient (Wildman–Crippen LogP) is 3.50. The topological polar surface area (TPSA) is 17.1 Å². The number of rotatable bonds is 2. The molecule has 1 nitrogen and oxygen atoms in total. The van der Waals surface area contributed by atoms with E-state index in [0.29, 0.717) is 18.6 Å². The zero-order valence-electron chi connectivity index (χ0n) is 8.30. The van der Waals surface area contributed by atoms with E-state index < -0.39 is 0 Å². The first-order valence-electron chi connectivity index (χ1n) is 5.13. The van der Waals surface area contributed by atoms with E-state index in [1.807, 2.05) is 6.07 Å². The van der Waals surface area contributed by atoms with Gasteiger partial charge in [0.1, 0.15) is 11.6 Å². The number of carbonyl (C=O) groups is 1. The lowest BCUT2D eigenvalue weighted by Gasteiger charge is -2.08. The van der Waals surface area contributed by atoms with Crippen molar-refractivity contribution < 1.29 is 9.18 Å². The van der Waals surface area contributed by atoms with Crippen LogP contribution in [0.3, 0.4) is 0 Å². The van der Waals surface area contributed by atoms with Gasteiger partial charge in [-0.25, -0.2) is 4.39 Å². The van der Waals surface area contributed by atoms with Gasteiger partial charge in [-0.05, 0) is 43.0 Å². The van der Waals surface area contributed by atoms with Crippen molar-refractivity contribution in [2.24, 2.45) is 5.92 Å². The summed E-state index contributed by atoms with van der Waals surface area (Å²) < 4.78 is 13.8. The maximum absolute atomic E-state index is 13.1. The second-order valence-electron chi connectivity index (χ2n) is 4.04. The fourth-order valence-corrected chi connectivity index (χ4v) is 2.63. The van der Waals surface area contributed by atoms with Crippen LogP contribution in [0.15, 0.2) is 22.7 Å². The molecule has 1 aromatic carbocycles. The summed E-state index contributed by atoms with van der Waals surface area (Å²) in [6.45, 7) is 0. The molecule has 0 bridgehead atoms. The lowest BCUT2D eigenvalue weighted by Crippen LogP contribution is -2.09. The Morgan fingerprint density at radius 3 is 2.80 bits per heavy atom. The van der Waals surface area contributed by atoms with Gasteiger partial charge in [0.05, 0.1) is 0 Å². The van der Waals surface area contributed by atoms with E-state index in [2.05, 4.69) is 15.9 Å². The quantitative estimate of drug-likeness (QED) is 0.804. The number of Topliss-reactive ketones (excluding diaryl/α,β-unsaturated/α-hetero) is 1. The van der Waals surface area contributed by atoms with Gasteiger partial charge < -0.3 is 0 Å². The molecule has 3 heteroatoms. The number of hydrogen-bond acceptors (Lipinski definition) is 1. The summed E-state index contributed by atoms with van der Waals surface area (Å²) in [4.78, 5) is 11.4. The first kappa shape index (κ1) is 10.8. The van der Waals surface area contributed by atoms with Crippen molar-refractivity contribution >= 4 is 21.7 Å². The molecular weight excluding hydrogens is 259 g/mol. The zero-order valence-corrected chi connectivity index (χ0v) is 9.89. The highest BCUT2D eigenvalue weighted by molar-refractivity contribution is 9.10. The molecule has 15 heavy (non-hydrogen) atoms. The van der Waals surface area contributed by atoms with Crippen LogP contribution in [-0.2, 0) is 11.2 Å². The third kappa shape index (κ3) is 2.65. The van der Waals surface area contributed by atoms with Gasteiger partial charge in [0.15, 0.2) is 0 Å². The number of halogens is 2. The summed E-state index contributed by atoms with van der Waals surface area (Å²) in [5.74, 6) is 0.193. The second-order valence-corrected chi connectivity index (χ2v) is 4.95. The predicted molar refractivity (Wildman–Crippen MR) is 60.2 cm³/mol. The summed E-state index contributed by atoms with van der Waals surface area (Å²) in [5.41, 5.74) is 0.905. The highest BCUT2D eigenvalue weighted by Gasteiger charge is 2.24. The van der Waals surface area contributed by atoms with Gasteiger partial charge in [-0.2, -0.15) is 0 Å². The molecule has 80 valence electrons. The van der Waals surface area contributed by atoms with Gasteiger partial charge >= 0.3 is 0 Å². The van der Waals surface area contributed by atoms with E-state index in [1.165, 1.54) is 12.1 Å². The molecule has 1 unspecified atom stereocenters. The number of ketones is 1. The largest absolute Gasteiger partial charge is 0.299 e. The number of hydrogen-bond donors (Lipinski definition) is 0. The van der Waals surface area contributed by atoms with Crippen LogP contribution in [0.4, 0.5) is 4.39 Å². The molecule has 1 aliphatic carbocycles. The van der Waals surface area contributed by atoms with Gasteiger partial charge in [0.2, 0.25) is 0 Å². The molecule has 0 spiro atoms. The Morgan fingerprint density at radius 2 is 2.20 bits per heavy atom. The smallest absolute Gasteiger partial charge is 0.136 e. The summed E-state index contributed by atoms with van der Waals surface area (Å²) in [7, 11) is 0. The standard InChI is InChI=1S/C12H12BrFO/c13-10-5-8(6-11(14)7-10)4-9-2-1-3-12(9)15/h5-7,9H,1-4H2. The van der Waals surface area contributed by atoms with E-state index in [9.17, 15) is 9.18 Å². The number of benzene rings is 1. The van der Waals surface area contributed by atoms with Crippen LogP contribution >= 0.6 is 15.9 Å². The normalized spacial score (nSPS) is 20.9. The molecule has 1 aromatic rings. The van der Waals surface area contributed by atoms with Crippen molar-refractivity contribution in [1.82, 2.24) is 0 Å². The van der Waals surface area contributed by atoms with Gasteiger partial charge in [-0.15, -0.1) is 0 Å². The summed E-state index contributed by atoms with van der Waals surface area (Å²) in [6, 6.07) is 4.82. The molecule has 1 atom stereocenters. The maximum Gasteiger partial charge on any atom is 0.136 e. The third-order valence-corrected chi connectivity index (χ3v) is 3.29. The van der Waals surface area contributed by atoms with E-state index in [1.54, 1.807) is 0 Å². The Bertz CT molecular complexity index is 369. The Hall–Kier alpha value is -0.700. The van der Waals surface area contributed by atoms with Crippen LogP contribution in [0.2, 0.25) is 0 Å². The number of carbonyl (C=O) groups excluding carboxylic acids is 1. The molecular formula is C12H12BrFO. The minimum Gasteiger partial charge on any atom is -0.299 e. The Balaban J connectivity index is 2.13. The second kappa shape index (κ2) is 4.44. The van der Waals surface area contributed by atoms with Crippen molar-refractivity contribution in [3.63, 3.8) is 0 Å². The van der Waals surface area contributed by atoms with Crippen molar-refractivity contribution in [1.29, 1.82) is 0 Å². The lowest BCUT2D eigenvalue weighted by molar-refractivity contribution is -0.120. The Labute approximate surface area is 96.8 Å². The molecule has 0 radical (unpaired) electrons. The summed E-state index contributed by atoms with van der Waals surface area (Å²) in [6.07, 6.45) is 3.31. The van der Waals surface area contributed by atoms with Crippen LogP contribution in [0.1, 0.15) is 24.8 Å². The van der Waals surface area contributed by atoms with E-state index in [-0.39, 0.29) is 11.7 Å². The molecule has 0 saturated heterocycles. The minimum absolute atomic E-state index is 0.110. The van der Waals surface area contributed by atoms with Crippen molar-refractivity contribution in [2.45, 2.75) is 25.7 Å². The van der Waals surface area contributed by atoms with Crippen LogP contribution in [0.25, 0.3) is 0 Å². The average molecular weight is 271 g/mol. The molecule has 0 N–H and O–H groups in total. The molecule has 2 rings (SSSR count). The van der Waals surface area contributed by atoms with Crippen LogP contribution in [0.5, 0.6) is 0 Å².